The summed E-state index contributed by atoms with van der Waals surface area (Å²) in [5.41, 5.74) is 23.7. The Kier molecular flexibility index (Phi) is 27.2. The van der Waals surface area contributed by atoms with Crippen molar-refractivity contribution < 1.29 is 4.79 Å². The standard InChI is InChI=1S/2C23H29N3.C8H8N2.C8H17N.C8H8O.C6H15N.ClH/c1-23(2)11-9-20(10-12-23)24-15-17-5-4-6-18(13-17)19-7-8-22-21(14-19)25-16-26(22)3;1-23(2)11-9-20(10-12-23)24-15-17-5-4-6-18(13-17)19-7-8-21-22(14-19)26(3)16-25-21;1-10-6-9-7-4-2-3-5-8(7)10;1-8(2)5-3-7(9)4-6-8;1-7-3-2-4-8(5-7)6-9;1-4-7(5-2)6-3;/h2*4-8,13-14,16,20,24H,9-12,15H2,1-3H3;2-6H,1H3;7H,3-6,9H2,1-2H3;2-6H,1H3;4-6H2,1-3H3;1H. The van der Waals surface area contributed by atoms with Crippen molar-refractivity contribution in [2.45, 2.75) is 178 Å². The van der Waals surface area contributed by atoms with Gasteiger partial charge in [-0.05, 0) is 208 Å². The minimum atomic E-state index is 0. The molecular formula is C76H107ClN10O. The van der Waals surface area contributed by atoms with Crippen molar-refractivity contribution in [3.8, 4) is 22.3 Å². The van der Waals surface area contributed by atoms with Gasteiger partial charge < -0.3 is 35.0 Å². The van der Waals surface area contributed by atoms with E-state index in [1.165, 1.54) is 147 Å². The lowest BCUT2D eigenvalue weighted by Crippen LogP contribution is -2.35. The Balaban J connectivity index is 0.000000183. The first kappa shape index (κ1) is 70.6. The zero-order valence-corrected chi connectivity index (χ0v) is 56.6. The van der Waals surface area contributed by atoms with Crippen LogP contribution in [0.25, 0.3) is 55.4 Å². The van der Waals surface area contributed by atoms with E-state index in [2.05, 4.69) is 193 Å². The largest absolute Gasteiger partial charge is 0.334 e. The van der Waals surface area contributed by atoms with Crippen LogP contribution in [0, 0.1) is 23.2 Å². The van der Waals surface area contributed by atoms with E-state index in [-0.39, 0.29) is 12.4 Å². The minimum absolute atomic E-state index is 0. The van der Waals surface area contributed by atoms with Gasteiger partial charge in [0.15, 0.2) is 0 Å². The fourth-order valence-corrected chi connectivity index (χ4v) is 12.0. The van der Waals surface area contributed by atoms with Crippen LogP contribution in [0.3, 0.4) is 0 Å². The van der Waals surface area contributed by atoms with Crippen LogP contribution in [-0.4, -0.2) is 77.6 Å². The molecular weight excluding hydrogens is 1100 g/mol. The van der Waals surface area contributed by atoms with E-state index < -0.39 is 0 Å². The summed E-state index contributed by atoms with van der Waals surface area (Å²) >= 11 is 0. The first-order valence-corrected chi connectivity index (χ1v) is 32.5. The molecule has 11 nitrogen and oxygen atoms in total. The normalized spacial score (nSPS) is 16.3. The lowest BCUT2D eigenvalue weighted by molar-refractivity contribution is 0.112. The van der Waals surface area contributed by atoms with Gasteiger partial charge in [-0.3, -0.25) is 4.79 Å². The Morgan fingerprint density at radius 1 is 0.489 bits per heavy atom. The molecule has 0 unspecified atom stereocenters. The fraction of sp³-hybridized carbons (Fsp3) is 0.474. The summed E-state index contributed by atoms with van der Waals surface area (Å²) in [6.45, 7) is 28.2. The highest BCUT2D eigenvalue weighted by molar-refractivity contribution is 5.85. The number of nitrogens with zero attached hydrogens (tertiary/aromatic N) is 7. The molecule has 3 aliphatic carbocycles. The van der Waals surface area contributed by atoms with Gasteiger partial charge in [0.1, 0.15) is 6.29 Å². The van der Waals surface area contributed by atoms with Crippen LogP contribution in [0.4, 0.5) is 0 Å². The molecule has 0 radical (unpaired) electrons. The molecule has 0 atom stereocenters. The van der Waals surface area contributed by atoms with E-state index >= 15 is 0 Å². The first-order valence-electron chi connectivity index (χ1n) is 32.5. The quantitative estimate of drug-likeness (QED) is 0.103. The molecule has 88 heavy (non-hydrogen) atoms. The van der Waals surface area contributed by atoms with Crippen LogP contribution in [0.2, 0.25) is 0 Å². The number of nitrogens with one attached hydrogen (secondary N) is 2. The number of hydrogen-bond donors (Lipinski definition) is 3. The molecule has 0 saturated heterocycles. The van der Waals surface area contributed by atoms with E-state index in [4.69, 9.17) is 5.73 Å². The lowest BCUT2D eigenvalue weighted by atomic mass is 9.75. The minimum Gasteiger partial charge on any atom is -0.334 e. The molecule has 3 saturated carbocycles. The second kappa shape index (κ2) is 33.9. The van der Waals surface area contributed by atoms with Gasteiger partial charge in [-0.25, -0.2) is 15.0 Å². The molecule has 474 valence electrons. The average Bonchev–Trinajstić information content (AvgIpc) is 2.90. The van der Waals surface area contributed by atoms with E-state index in [9.17, 15) is 4.79 Å². The van der Waals surface area contributed by atoms with Crippen molar-refractivity contribution in [2.75, 3.05) is 19.6 Å². The summed E-state index contributed by atoms with van der Waals surface area (Å²) in [7, 11) is 6.08. The third-order valence-electron chi connectivity index (χ3n) is 18.4. The van der Waals surface area contributed by atoms with Crippen molar-refractivity contribution in [2.24, 2.45) is 43.1 Å². The number of aromatic nitrogens is 6. The smallest absolute Gasteiger partial charge is 0.150 e. The Bertz CT molecular complexity index is 3500. The van der Waals surface area contributed by atoms with Crippen LogP contribution in [0.1, 0.15) is 166 Å². The summed E-state index contributed by atoms with van der Waals surface area (Å²) < 4.78 is 6.15. The number of carbonyl (C=O) groups excluding carboxylic acids is 1. The van der Waals surface area contributed by atoms with Crippen LogP contribution in [0.5, 0.6) is 0 Å². The number of benzene rings is 6. The van der Waals surface area contributed by atoms with Gasteiger partial charge in [0, 0.05) is 57.9 Å². The van der Waals surface area contributed by atoms with Crippen LogP contribution < -0.4 is 16.4 Å². The van der Waals surface area contributed by atoms with Gasteiger partial charge in [0.2, 0.25) is 0 Å². The molecule has 3 heterocycles. The monoisotopic (exact) mass is 1210 g/mol. The van der Waals surface area contributed by atoms with Crippen LogP contribution in [0.15, 0.2) is 152 Å². The first-order chi connectivity index (χ1) is 41.6. The third-order valence-corrected chi connectivity index (χ3v) is 18.4. The van der Waals surface area contributed by atoms with E-state index in [1.807, 2.05) is 88.0 Å². The summed E-state index contributed by atoms with van der Waals surface area (Å²) in [5.74, 6) is 0. The molecule has 12 rings (SSSR count). The van der Waals surface area contributed by atoms with E-state index in [0.29, 0.717) is 34.4 Å². The van der Waals surface area contributed by atoms with Gasteiger partial charge in [-0.2, -0.15) is 0 Å². The SMILES string of the molecule is CC1(C)CCC(N)CC1.CCN(CC)CC.Cc1cccc(C=O)c1.Cl.Cn1cnc2cc(-c3cccc(CNC4CCC(C)(C)CC4)c3)ccc21.Cn1cnc2ccc(-c3cccc(CNC4CCC(C)(C)CC4)c3)cc21.Cn1cnc2ccccc21. The Morgan fingerprint density at radius 3 is 1.36 bits per heavy atom. The number of para-hydroxylation sites is 2. The Labute approximate surface area is 535 Å². The number of rotatable bonds is 12. The van der Waals surface area contributed by atoms with Crippen molar-refractivity contribution in [1.29, 1.82) is 0 Å². The molecule has 0 amide bonds. The number of aldehydes is 1. The van der Waals surface area contributed by atoms with Crippen LogP contribution in [-0.2, 0) is 34.2 Å². The van der Waals surface area contributed by atoms with Gasteiger partial charge >= 0.3 is 0 Å². The molecule has 9 aromatic rings. The summed E-state index contributed by atoms with van der Waals surface area (Å²) in [4.78, 5) is 25.6. The molecule has 3 aliphatic rings. The van der Waals surface area contributed by atoms with Gasteiger partial charge in [0.05, 0.1) is 52.1 Å². The van der Waals surface area contributed by atoms with Crippen LogP contribution >= 0.6 is 12.4 Å². The molecule has 4 N–H and O–H groups in total. The predicted octanol–water partition coefficient (Wildman–Crippen LogP) is 17.7. The maximum Gasteiger partial charge on any atom is 0.150 e. The maximum absolute atomic E-state index is 10.2. The summed E-state index contributed by atoms with van der Waals surface area (Å²) in [5, 5.41) is 7.55. The van der Waals surface area contributed by atoms with Gasteiger partial charge in [-0.15, -0.1) is 12.4 Å². The van der Waals surface area contributed by atoms with Crippen molar-refractivity contribution in [3.63, 3.8) is 0 Å². The summed E-state index contributed by atoms with van der Waals surface area (Å²) in [6.07, 6.45) is 22.0. The van der Waals surface area contributed by atoms with E-state index in [1.54, 1.807) is 6.07 Å². The third kappa shape index (κ3) is 21.9. The topological polar surface area (TPSA) is 124 Å². The highest BCUT2D eigenvalue weighted by Gasteiger charge is 2.28. The number of aryl methyl sites for hydroxylation is 4. The number of imidazole rings is 3. The number of carbonyl (C=O) groups is 1. The second-order valence-electron chi connectivity index (χ2n) is 27.2. The molecule has 6 aromatic carbocycles. The molecule has 0 spiro atoms. The zero-order valence-electron chi connectivity index (χ0n) is 55.8. The Hall–Kier alpha value is -6.47. The van der Waals surface area contributed by atoms with Crippen molar-refractivity contribution >= 4 is 51.8 Å². The number of halogens is 1. The Morgan fingerprint density at radius 2 is 0.909 bits per heavy atom. The van der Waals surface area contributed by atoms with Gasteiger partial charge in [0.25, 0.3) is 0 Å². The lowest BCUT2D eigenvalue weighted by Gasteiger charge is -2.34. The molecule has 12 heteroatoms. The molecule has 3 fully saturated rings. The summed E-state index contributed by atoms with van der Waals surface area (Å²) in [6, 6.07) is 48.3. The zero-order chi connectivity index (χ0) is 62.6. The van der Waals surface area contributed by atoms with Crippen molar-refractivity contribution in [3.05, 3.63) is 175 Å². The fourth-order valence-electron chi connectivity index (χ4n) is 12.0. The molecule has 0 aliphatic heterocycles. The maximum atomic E-state index is 10.2. The van der Waals surface area contributed by atoms with Gasteiger partial charge in [-0.1, -0.05) is 147 Å². The molecule has 0 bridgehead atoms. The highest BCUT2D eigenvalue weighted by atomic mass is 35.5. The highest BCUT2D eigenvalue weighted by Crippen LogP contribution is 2.37. The number of nitrogens with two attached hydrogens (primary N) is 1. The number of hydrogen-bond acceptors (Lipinski definition) is 8. The number of fused-ring (bicyclic) bond motifs is 3. The van der Waals surface area contributed by atoms with Crippen molar-refractivity contribution in [1.82, 2.24) is 44.2 Å². The predicted molar refractivity (Wildman–Crippen MR) is 376 cm³/mol. The van der Waals surface area contributed by atoms with E-state index in [0.717, 1.165) is 47.1 Å². The second-order valence-corrected chi connectivity index (χ2v) is 27.2. The molecule has 3 aromatic heterocycles. The average molecular weight is 1210 g/mol.